The zero-order valence-corrected chi connectivity index (χ0v) is 14.6. The zero-order valence-electron chi connectivity index (χ0n) is 13.0. The van der Waals surface area contributed by atoms with Crippen LogP contribution in [0.25, 0.3) is 5.76 Å². The van der Waals surface area contributed by atoms with Crippen LogP contribution in [0.4, 0.5) is 9.52 Å². The summed E-state index contributed by atoms with van der Waals surface area (Å²) in [4.78, 5) is 27.2. The average molecular weight is 387 g/mol. The van der Waals surface area contributed by atoms with Gasteiger partial charge in [-0.3, -0.25) is 14.5 Å². The van der Waals surface area contributed by atoms with Gasteiger partial charge in [-0.25, -0.2) is 4.39 Å². The summed E-state index contributed by atoms with van der Waals surface area (Å²) < 4.78 is 13.2. The zero-order chi connectivity index (χ0) is 18.3. The number of thiophene rings is 1. The highest BCUT2D eigenvalue weighted by Crippen LogP contribution is 2.43. The molecular formula is C17H10FN3O3S2. The number of aliphatic hydroxyl groups is 1. The number of Topliss-reactive ketones (excluding diaryl/α,β-unsaturated/α-hetero) is 1. The first kappa shape index (κ1) is 16.6. The lowest BCUT2D eigenvalue weighted by atomic mass is 10.00. The van der Waals surface area contributed by atoms with Crippen molar-refractivity contribution in [2.75, 3.05) is 4.90 Å². The van der Waals surface area contributed by atoms with Crippen molar-refractivity contribution in [2.45, 2.75) is 6.04 Å². The van der Waals surface area contributed by atoms with E-state index in [9.17, 15) is 19.1 Å². The number of amides is 1. The van der Waals surface area contributed by atoms with E-state index in [4.69, 9.17) is 0 Å². The van der Waals surface area contributed by atoms with Gasteiger partial charge in [-0.05, 0) is 35.7 Å². The maximum atomic E-state index is 13.2. The van der Waals surface area contributed by atoms with E-state index in [-0.39, 0.29) is 22.0 Å². The van der Waals surface area contributed by atoms with Gasteiger partial charge in [0, 0.05) is 10.4 Å². The number of benzene rings is 1. The predicted octanol–water partition coefficient (Wildman–Crippen LogP) is 3.37. The van der Waals surface area contributed by atoms with E-state index in [2.05, 4.69) is 10.2 Å². The van der Waals surface area contributed by atoms with E-state index in [1.54, 1.807) is 12.1 Å². The molecular weight excluding hydrogens is 377 g/mol. The minimum absolute atomic E-state index is 0.0562. The third kappa shape index (κ3) is 2.61. The first-order valence-corrected chi connectivity index (χ1v) is 9.20. The fourth-order valence-corrected chi connectivity index (χ4v) is 4.19. The first-order chi connectivity index (χ1) is 12.6. The summed E-state index contributed by atoms with van der Waals surface area (Å²) in [5.41, 5.74) is 1.66. The molecule has 4 rings (SSSR count). The highest BCUT2D eigenvalue weighted by Gasteiger charge is 2.48. The number of carbonyl (C=O) groups is 2. The Kier molecular flexibility index (Phi) is 4.09. The number of carbonyl (C=O) groups excluding carboxylic acids is 2. The Hall–Kier alpha value is -2.91. The number of hydrogen-bond donors (Lipinski definition) is 1. The van der Waals surface area contributed by atoms with Gasteiger partial charge in [0.2, 0.25) is 5.13 Å². The molecule has 0 saturated carbocycles. The highest BCUT2D eigenvalue weighted by atomic mass is 32.1. The molecule has 1 aliphatic heterocycles. The third-order valence-electron chi connectivity index (χ3n) is 3.93. The molecule has 2 aromatic heterocycles. The fraction of sp³-hybridized carbons (Fsp3) is 0.0588. The van der Waals surface area contributed by atoms with Crippen molar-refractivity contribution in [3.05, 3.63) is 69.1 Å². The number of hydrogen-bond acceptors (Lipinski definition) is 7. The number of rotatable bonds is 3. The van der Waals surface area contributed by atoms with Gasteiger partial charge in [0.25, 0.3) is 5.78 Å². The van der Waals surface area contributed by atoms with Gasteiger partial charge in [-0.2, -0.15) is 0 Å². The third-order valence-corrected chi connectivity index (χ3v) is 5.54. The van der Waals surface area contributed by atoms with E-state index >= 15 is 0 Å². The van der Waals surface area contributed by atoms with Crippen LogP contribution in [0, 0.1) is 5.82 Å². The largest absolute Gasteiger partial charge is 0.507 e. The second-order valence-electron chi connectivity index (χ2n) is 5.41. The molecule has 6 nitrogen and oxygen atoms in total. The van der Waals surface area contributed by atoms with Crippen LogP contribution in [0.2, 0.25) is 0 Å². The molecule has 1 aromatic carbocycles. The van der Waals surface area contributed by atoms with E-state index in [0.717, 1.165) is 11.3 Å². The van der Waals surface area contributed by atoms with E-state index < -0.39 is 23.5 Å². The second-order valence-corrected chi connectivity index (χ2v) is 7.20. The highest BCUT2D eigenvalue weighted by molar-refractivity contribution is 7.13. The first-order valence-electron chi connectivity index (χ1n) is 7.44. The summed E-state index contributed by atoms with van der Waals surface area (Å²) in [6, 6.07) is 7.81. The van der Waals surface area contributed by atoms with Gasteiger partial charge >= 0.3 is 5.91 Å². The Morgan fingerprint density at radius 1 is 1.15 bits per heavy atom. The molecule has 3 heterocycles. The average Bonchev–Trinajstić information content (AvgIpc) is 3.37. The normalized spacial score (nSPS) is 19.3. The quantitative estimate of drug-likeness (QED) is 0.423. The van der Waals surface area contributed by atoms with Crippen LogP contribution in [-0.4, -0.2) is 27.0 Å². The smallest absolute Gasteiger partial charge is 0.301 e. The molecule has 26 heavy (non-hydrogen) atoms. The van der Waals surface area contributed by atoms with Crippen molar-refractivity contribution in [3.8, 4) is 0 Å². The van der Waals surface area contributed by atoms with Crippen LogP contribution in [0.1, 0.15) is 16.5 Å². The Labute approximate surface area is 154 Å². The van der Waals surface area contributed by atoms with Crippen molar-refractivity contribution in [1.29, 1.82) is 0 Å². The topological polar surface area (TPSA) is 83.4 Å². The van der Waals surface area contributed by atoms with Crippen molar-refractivity contribution >= 4 is 45.3 Å². The number of anilines is 1. The minimum atomic E-state index is -0.819. The number of ketones is 1. The molecule has 1 unspecified atom stereocenters. The molecule has 3 aromatic rings. The lowest BCUT2D eigenvalue weighted by molar-refractivity contribution is -0.132. The summed E-state index contributed by atoms with van der Waals surface area (Å²) >= 11 is 2.47. The second kappa shape index (κ2) is 6.43. The van der Waals surface area contributed by atoms with Gasteiger partial charge in [0.05, 0.1) is 5.57 Å². The Morgan fingerprint density at radius 3 is 2.54 bits per heavy atom. The van der Waals surface area contributed by atoms with Crippen LogP contribution >= 0.6 is 22.7 Å². The number of aromatic nitrogens is 2. The molecule has 0 aliphatic carbocycles. The van der Waals surface area contributed by atoms with Crippen molar-refractivity contribution in [1.82, 2.24) is 10.2 Å². The summed E-state index contributed by atoms with van der Waals surface area (Å²) in [6.07, 6.45) is 0. The summed E-state index contributed by atoms with van der Waals surface area (Å²) in [6.45, 7) is 0. The monoisotopic (exact) mass is 387 g/mol. The standard InChI is InChI=1S/C17H10FN3O3S2/c18-10-5-3-9(4-6-10)14(22)12-13(11-2-1-7-25-11)21(16(24)15(12)23)17-20-19-8-26-17/h1-8,13,22H/b14-12-. The molecule has 0 radical (unpaired) electrons. The molecule has 1 fully saturated rings. The molecule has 1 saturated heterocycles. The predicted molar refractivity (Wildman–Crippen MR) is 95.4 cm³/mol. The lowest BCUT2D eigenvalue weighted by Gasteiger charge is -2.20. The molecule has 1 aliphatic rings. The Bertz CT molecular complexity index is 999. The molecule has 130 valence electrons. The molecule has 1 atom stereocenters. The fourth-order valence-electron chi connectivity index (χ4n) is 2.78. The SMILES string of the molecule is O=C1C(=O)N(c2nncs2)C(c2cccs2)/C1=C(/O)c1ccc(F)cc1. The maximum absolute atomic E-state index is 13.2. The van der Waals surface area contributed by atoms with E-state index in [1.165, 1.54) is 46.0 Å². The van der Waals surface area contributed by atoms with Crippen LogP contribution in [0.3, 0.4) is 0 Å². The number of aliphatic hydroxyl groups excluding tert-OH is 1. The van der Waals surface area contributed by atoms with E-state index in [0.29, 0.717) is 4.88 Å². The Balaban J connectivity index is 1.92. The van der Waals surface area contributed by atoms with Gasteiger partial charge in [-0.1, -0.05) is 17.4 Å². The molecule has 1 amide bonds. The van der Waals surface area contributed by atoms with Crippen LogP contribution in [0.5, 0.6) is 0 Å². The van der Waals surface area contributed by atoms with Crippen LogP contribution in [0.15, 0.2) is 52.9 Å². The van der Waals surface area contributed by atoms with Gasteiger partial charge in [0.1, 0.15) is 23.1 Å². The Morgan fingerprint density at radius 2 is 1.92 bits per heavy atom. The summed E-state index contributed by atoms with van der Waals surface area (Å²) in [5.74, 6) is -2.43. The number of nitrogens with zero attached hydrogens (tertiary/aromatic N) is 3. The summed E-state index contributed by atoms with van der Waals surface area (Å²) in [7, 11) is 0. The van der Waals surface area contributed by atoms with Crippen LogP contribution in [-0.2, 0) is 9.59 Å². The van der Waals surface area contributed by atoms with Gasteiger partial charge in [-0.15, -0.1) is 21.5 Å². The lowest BCUT2D eigenvalue weighted by Crippen LogP contribution is -2.29. The minimum Gasteiger partial charge on any atom is -0.507 e. The molecule has 0 bridgehead atoms. The maximum Gasteiger partial charge on any atom is 0.301 e. The van der Waals surface area contributed by atoms with Gasteiger partial charge in [0.15, 0.2) is 0 Å². The summed E-state index contributed by atoms with van der Waals surface area (Å²) in [5, 5.41) is 20.4. The van der Waals surface area contributed by atoms with Crippen molar-refractivity contribution in [3.63, 3.8) is 0 Å². The molecule has 0 spiro atoms. The van der Waals surface area contributed by atoms with E-state index in [1.807, 2.05) is 5.38 Å². The van der Waals surface area contributed by atoms with Crippen molar-refractivity contribution < 1.29 is 19.1 Å². The van der Waals surface area contributed by atoms with Crippen molar-refractivity contribution in [2.24, 2.45) is 0 Å². The van der Waals surface area contributed by atoms with Crippen LogP contribution < -0.4 is 4.90 Å². The number of halogens is 1. The molecule has 9 heteroatoms. The van der Waals surface area contributed by atoms with Gasteiger partial charge < -0.3 is 5.11 Å². The molecule has 1 N–H and O–H groups in total.